The van der Waals surface area contributed by atoms with Crippen LogP contribution >= 0.6 is 11.6 Å². The summed E-state index contributed by atoms with van der Waals surface area (Å²) >= 11 is 5.90. The monoisotopic (exact) mass is 275 g/mol. The van der Waals surface area contributed by atoms with E-state index in [1.54, 1.807) is 24.5 Å². The standard InChI is InChI=1S/C14H14ClN3O/c15-11-2-1-3-12(6-11)19-13-8-17-14(18-9-13)10-4-5-16-7-10/h1-3,6,8-10,16H,4-5,7H2. The Morgan fingerprint density at radius 3 is 2.74 bits per heavy atom. The van der Waals surface area contributed by atoms with Gasteiger partial charge in [-0.3, -0.25) is 0 Å². The lowest BCUT2D eigenvalue weighted by molar-refractivity contribution is 0.475. The van der Waals surface area contributed by atoms with E-state index in [0.717, 1.165) is 25.3 Å². The molecular formula is C14H14ClN3O. The number of nitrogens with zero attached hydrogens (tertiary/aromatic N) is 2. The third kappa shape index (κ3) is 3.03. The molecule has 1 N–H and O–H groups in total. The summed E-state index contributed by atoms with van der Waals surface area (Å²) in [5, 5.41) is 3.95. The third-order valence-electron chi connectivity index (χ3n) is 3.11. The maximum atomic E-state index is 5.90. The molecule has 0 amide bonds. The second-order valence-electron chi connectivity index (χ2n) is 4.53. The molecule has 1 atom stereocenters. The summed E-state index contributed by atoms with van der Waals surface area (Å²) in [6.45, 7) is 1.99. The molecule has 0 aliphatic carbocycles. The van der Waals surface area contributed by atoms with Crippen molar-refractivity contribution in [3.8, 4) is 11.5 Å². The SMILES string of the molecule is Clc1cccc(Oc2cnc(C3CCNC3)nc2)c1. The Kier molecular flexibility index (Phi) is 3.62. The number of hydrogen-bond donors (Lipinski definition) is 1. The van der Waals surface area contributed by atoms with E-state index < -0.39 is 0 Å². The first-order chi connectivity index (χ1) is 9.31. The molecule has 1 saturated heterocycles. The topological polar surface area (TPSA) is 47.0 Å². The van der Waals surface area contributed by atoms with Crippen molar-refractivity contribution in [2.75, 3.05) is 13.1 Å². The van der Waals surface area contributed by atoms with Crippen LogP contribution in [0.25, 0.3) is 0 Å². The summed E-state index contributed by atoms with van der Waals surface area (Å²) in [7, 11) is 0. The first kappa shape index (κ1) is 12.4. The van der Waals surface area contributed by atoms with Crippen LogP contribution in [0.15, 0.2) is 36.7 Å². The number of ether oxygens (including phenoxy) is 1. The molecule has 1 aromatic heterocycles. The van der Waals surface area contributed by atoms with Gasteiger partial charge in [0.05, 0.1) is 12.4 Å². The molecule has 0 spiro atoms. The highest BCUT2D eigenvalue weighted by molar-refractivity contribution is 6.30. The van der Waals surface area contributed by atoms with Crippen molar-refractivity contribution in [2.45, 2.75) is 12.3 Å². The number of benzene rings is 1. The Labute approximate surface area is 116 Å². The average molecular weight is 276 g/mol. The maximum absolute atomic E-state index is 5.90. The van der Waals surface area contributed by atoms with E-state index in [2.05, 4.69) is 15.3 Å². The fraction of sp³-hybridized carbons (Fsp3) is 0.286. The van der Waals surface area contributed by atoms with Gasteiger partial charge in [-0.15, -0.1) is 0 Å². The minimum absolute atomic E-state index is 0.417. The fourth-order valence-electron chi connectivity index (χ4n) is 2.13. The van der Waals surface area contributed by atoms with Crippen LogP contribution in [0.4, 0.5) is 0 Å². The first-order valence-corrected chi connectivity index (χ1v) is 6.65. The van der Waals surface area contributed by atoms with E-state index >= 15 is 0 Å². The highest BCUT2D eigenvalue weighted by Gasteiger charge is 2.18. The van der Waals surface area contributed by atoms with Crippen molar-refractivity contribution in [1.29, 1.82) is 0 Å². The normalized spacial score (nSPS) is 18.5. The highest BCUT2D eigenvalue weighted by atomic mass is 35.5. The van der Waals surface area contributed by atoms with Gasteiger partial charge in [-0.05, 0) is 31.2 Å². The molecule has 0 saturated carbocycles. The van der Waals surface area contributed by atoms with Crippen LogP contribution < -0.4 is 10.1 Å². The lowest BCUT2D eigenvalue weighted by Gasteiger charge is -2.08. The maximum Gasteiger partial charge on any atom is 0.164 e. The minimum atomic E-state index is 0.417. The summed E-state index contributed by atoms with van der Waals surface area (Å²) < 4.78 is 5.65. The number of rotatable bonds is 3. The number of nitrogens with one attached hydrogen (secondary N) is 1. The van der Waals surface area contributed by atoms with Gasteiger partial charge in [0.2, 0.25) is 0 Å². The highest BCUT2D eigenvalue weighted by Crippen LogP contribution is 2.24. The van der Waals surface area contributed by atoms with Crippen molar-refractivity contribution >= 4 is 11.6 Å². The molecule has 4 nitrogen and oxygen atoms in total. The minimum Gasteiger partial charge on any atom is -0.454 e. The molecular weight excluding hydrogens is 262 g/mol. The smallest absolute Gasteiger partial charge is 0.164 e. The van der Waals surface area contributed by atoms with E-state index in [1.165, 1.54) is 0 Å². The van der Waals surface area contributed by atoms with Gasteiger partial charge in [-0.2, -0.15) is 0 Å². The van der Waals surface area contributed by atoms with Crippen LogP contribution in [-0.4, -0.2) is 23.1 Å². The Bertz CT molecular complexity index is 553. The van der Waals surface area contributed by atoms with E-state index in [0.29, 0.717) is 22.4 Å². The Morgan fingerprint density at radius 1 is 1.21 bits per heavy atom. The average Bonchev–Trinajstić information content (AvgIpc) is 2.94. The zero-order valence-electron chi connectivity index (χ0n) is 10.3. The molecule has 3 rings (SSSR count). The molecule has 19 heavy (non-hydrogen) atoms. The van der Waals surface area contributed by atoms with Gasteiger partial charge >= 0.3 is 0 Å². The van der Waals surface area contributed by atoms with Crippen molar-refractivity contribution in [1.82, 2.24) is 15.3 Å². The summed E-state index contributed by atoms with van der Waals surface area (Å²) in [6.07, 6.45) is 4.51. The largest absolute Gasteiger partial charge is 0.454 e. The number of aromatic nitrogens is 2. The molecule has 1 aromatic carbocycles. The van der Waals surface area contributed by atoms with Crippen molar-refractivity contribution < 1.29 is 4.74 Å². The number of halogens is 1. The van der Waals surface area contributed by atoms with Gasteiger partial charge in [0.1, 0.15) is 11.6 Å². The molecule has 1 fully saturated rings. The molecule has 1 unspecified atom stereocenters. The zero-order chi connectivity index (χ0) is 13.1. The van der Waals surface area contributed by atoms with Gasteiger partial charge in [0.15, 0.2) is 5.75 Å². The van der Waals surface area contributed by atoms with Crippen LogP contribution in [0.2, 0.25) is 5.02 Å². The summed E-state index contributed by atoms with van der Waals surface area (Å²) in [6, 6.07) is 7.26. The summed E-state index contributed by atoms with van der Waals surface area (Å²) in [4.78, 5) is 8.74. The Hall–Kier alpha value is -1.65. The van der Waals surface area contributed by atoms with E-state index in [1.807, 2.05) is 12.1 Å². The van der Waals surface area contributed by atoms with Crippen LogP contribution in [0.5, 0.6) is 11.5 Å². The van der Waals surface area contributed by atoms with Gasteiger partial charge in [0.25, 0.3) is 0 Å². The van der Waals surface area contributed by atoms with Crippen molar-refractivity contribution in [3.63, 3.8) is 0 Å². The van der Waals surface area contributed by atoms with E-state index in [-0.39, 0.29) is 0 Å². The van der Waals surface area contributed by atoms with Crippen LogP contribution in [-0.2, 0) is 0 Å². The quantitative estimate of drug-likeness (QED) is 0.935. The van der Waals surface area contributed by atoms with Gasteiger partial charge in [-0.1, -0.05) is 17.7 Å². The lowest BCUT2D eigenvalue weighted by atomic mass is 10.1. The van der Waals surface area contributed by atoms with Crippen LogP contribution in [0.3, 0.4) is 0 Å². The predicted octanol–water partition coefficient (Wildman–Crippen LogP) is 3.00. The molecule has 98 valence electrons. The Morgan fingerprint density at radius 2 is 2.05 bits per heavy atom. The van der Waals surface area contributed by atoms with E-state index in [9.17, 15) is 0 Å². The molecule has 0 radical (unpaired) electrons. The van der Waals surface area contributed by atoms with Gasteiger partial charge in [-0.25, -0.2) is 9.97 Å². The predicted molar refractivity (Wildman–Crippen MR) is 73.8 cm³/mol. The Balaban J connectivity index is 1.72. The second-order valence-corrected chi connectivity index (χ2v) is 4.96. The fourth-order valence-corrected chi connectivity index (χ4v) is 2.31. The molecule has 1 aliphatic rings. The van der Waals surface area contributed by atoms with Gasteiger partial charge in [0, 0.05) is 17.5 Å². The molecule has 5 heteroatoms. The lowest BCUT2D eigenvalue weighted by Crippen LogP contribution is -2.10. The van der Waals surface area contributed by atoms with Crippen molar-refractivity contribution in [3.05, 3.63) is 47.5 Å². The molecule has 2 aromatic rings. The van der Waals surface area contributed by atoms with Crippen LogP contribution in [0.1, 0.15) is 18.2 Å². The molecule has 2 heterocycles. The van der Waals surface area contributed by atoms with E-state index in [4.69, 9.17) is 16.3 Å². The summed E-state index contributed by atoms with van der Waals surface area (Å²) in [5.41, 5.74) is 0. The third-order valence-corrected chi connectivity index (χ3v) is 3.34. The second kappa shape index (κ2) is 5.55. The zero-order valence-corrected chi connectivity index (χ0v) is 11.1. The van der Waals surface area contributed by atoms with Crippen LogP contribution in [0, 0.1) is 0 Å². The molecule has 1 aliphatic heterocycles. The number of hydrogen-bond acceptors (Lipinski definition) is 4. The van der Waals surface area contributed by atoms with Gasteiger partial charge < -0.3 is 10.1 Å². The first-order valence-electron chi connectivity index (χ1n) is 6.27. The molecule has 0 bridgehead atoms. The van der Waals surface area contributed by atoms with Crippen molar-refractivity contribution in [2.24, 2.45) is 0 Å². The summed E-state index contributed by atoms with van der Waals surface area (Å²) in [5.74, 6) is 2.60.